The van der Waals surface area contributed by atoms with Crippen molar-refractivity contribution in [1.82, 2.24) is 14.5 Å². The van der Waals surface area contributed by atoms with Crippen molar-refractivity contribution in [2.75, 3.05) is 0 Å². The summed E-state index contributed by atoms with van der Waals surface area (Å²) in [5.41, 5.74) is 1.53. The Balaban J connectivity index is 0.000000659. The standard InChI is InChI=1S/C10H8N4.2C2H6/c11-4-10-7-14(8-13-10)6-9-2-1-3-12-5-9;2*1-2/h1-3,5,7-8H,6H2;2*1-2H3. The lowest BCUT2D eigenvalue weighted by atomic mass is 10.3. The van der Waals surface area contributed by atoms with Crippen molar-refractivity contribution in [2.45, 2.75) is 34.2 Å². The highest BCUT2D eigenvalue weighted by Crippen LogP contribution is 2.01. The maximum atomic E-state index is 8.58. The van der Waals surface area contributed by atoms with Crippen molar-refractivity contribution in [3.05, 3.63) is 48.3 Å². The minimum Gasteiger partial charge on any atom is -0.332 e. The van der Waals surface area contributed by atoms with Crippen LogP contribution >= 0.6 is 0 Å². The zero-order valence-corrected chi connectivity index (χ0v) is 11.5. The molecule has 0 aliphatic heterocycles. The van der Waals surface area contributed by atoms with E-state index in [4.69, 9.17) is 5.26 Å². The summed E-state index contributed by atoms with van der Waals surface area (Å²) < 4.78 is 1.86. The molecular formula is C14H20N4. The lowest BCUT2D eigenvalue weighted by Gasteiger charge is -1.99. The molecule has 0 amide bonds. The Hall–Kier alpha value is -2.15. The predicted molar refractivity (Wildman–Crippen MR) is 73.0 cm³/mol. The third-order valence-electron chi connectivity index (χ3n) is 1.84. The van der Waals surface area contributed by atoms with E-state index in [1.54, 1.807) is 24.9 Å². The van der Waals surface area contributed by atoms with Gasteiger partial charge in [0, 0.05) is 18.6 Å². The number of rotatable bonds is 2. The van der Waals surface area contributed by atoms with Gasteiger partial charge in [0.2, 0.25) is 0 Å². The van der Waals surface area contributed by atoms with Gasteiger partial charge < -0.3 is 4.57 Å². The van der Waals surface area contributed by atoms with Gasteiger partial charge in [-0.25, -0.2) is 4.98 Å². The molecule has 0 N–H and O–H groups in total. The van der Waals surface area contributed by atoms with Crippen molar-refractivity contribution in [3.63, 3.8) is 0 Å². The van der Waals surface area contributed by atoms with Crippen LogP contribution in [0.3, 0.4) is 0 Å². The third-order valence-corrected chi connectivity index (χ3v) is 1.84. The maximum absolute atomic E-state index is 8.58. The molecule has 0 aliphatic carbocycles. The lowest BCUT2D eigenvalue weighted by molar-refractivity contribution is 0.793. The van der Waals surface area contributed by atoms with Crippen molar-refractivity contribution in [3.8, 4) is 6.07 Å². The minimum absolute atomic E-state index is 0.439. The Morgan fingerprint density at radius 2 is 2.00 bits per heavy atom. The number of nitrogens with zero attached hydrogens (tertiary/aromatic N) is 4. The van der Waals surface area contributed by atoms with Crippen molar-refractivity contribution in [2.24, 2.45) is 0 Å². The number of imidazole rings is 1. The van der Waals surface area contributed by atoms with Crippen LogP contribution < -0.4 is 0 Å². The second kappa shape index (κ2) is 10.0. The first-order valence-corrected chi connectivity index (χ1v) is 6.19. The SMILES string of the molecule is CC.CC.N#Cc1cn(Cc2cccnc2)cn1. The van der Waals surface area contributed by atoms with Crippen LogP contribution in [0.2, 0.25) is 0 Å². The Bertz CT molecular complexity index is 454. The molecule has 0 radical (unpaired) electrons. The molecule has 2 rings (SSSR count). The zero-order chi connectivity index (χ0) is 13.8. The molecule has 0 spiro atoms. The van der Waals surface area contributed by atoms with Gasteiger partial charge in [-0.2, -0.15) is 5.26 Å². The van der Waals surface area contributed by atoms with Crippen LogP contribution in [0.1, 0.15) is 39.0 Å². The molecule has 4 heteroatoms. The second-order valence-electron chi connectivity index (χ2n) is 2.90. The normalized spacial score (nSPS) is 8.17. The fourth-order valence-electron chi connectivity index (χ4n) is 1.21. The Labute approximate surface area is 109 Å². The molecule has 0 fully saturated rings. The zero-order valence-electron chi connectivity index (χ0n) is 11.5. The van der Waals surface area contributed by atoms with E-state index >= 15 is 0 Å². The highest BCUT2D eigenvalue weighted by atomic mass is 15.0. The molecule has 0 unspecified atom stereocenters. The van der Waals surface area contributed by atoms with E-state index in [1.165, 1.54) is 0 Å². The Kier molecular flexibility index (Phi) is 8.83. The molecule has 18 heavy (non-hydrogen) atoms. The summed E-state index contributed by atoms with van der Waals surface area (Å²) in [6, 6.07) is 5.86. The summed E-state index contributed by atoms with van der Waals surface area (Å²) in [7, 11) is 0. The summed E-state index contributed by atoms with van der Waals surface area (Å²) in [5.74, 6) is 0. The van der Waals surface area contributed by atoms with Gasteiger partial charge in [0.25, 0.3) is 0 Å². The number of hydrogen-bond acceptors (Lipinski definition) is 3. The fraction of sp³-hybridized carbons (Fsp3) is 0.357. The van der Waals surface area contributed by atoms with E-state index in [0.29, 0.717) is 12.2 Å². The third kappa shape index (κ3) is 5.26. The van der Waals surface area contributed by atoms with Gasteiger partial charge in [-0.15, -0.1) is 0 Å². The first-order valence-electron chi connectivity index (χ1n) is 6.19. The molecule has 2 aromatic rings. The molecular weight excluding hydrogens is 224 g/mol. The van der Waals surface area contributed by atoms with Crippen LogP contribution in [-0.4, -0.2) is 14.5 Å². The molecule has 2 aromatic heterocycles. The van der Waals surface area contributed by atoms with E-state index in [-0.39, 0.29) is 0 Å². The number of aromatic nitrogens is 3. The van der Waals surface area contributed by atoms with Crippen LogP contribution in [0, 0.1) is 11.3 Å². The summed E-state index contributed by atoms with van der Waals surface area (Å²) in [6.45, 7) is 8.70. The van der Waals surface area contributed by atoms with Crippen LogP contribution in [0.15, 0.2) is 37.1 Å². The highest BCUT2D eigenvalue weighted by Gasteiger charge is 1.97. The second-order valence-corrected chi connectivity index (χ2v) is 2.90. The van der Waals surface area contributed by atoms with Gasteiger partial charge >= 0.3 is 0 Å². The van der Waals surface area contributed by atoms with Gasteiger partial charge in [0.15, 0.2) is 5.69 Å². The van der Waals surface area contributed by atoms with Gasteiger partial charge in [0.1, 0.15) is 6.07 Å². The highest BCUT2D eigenvalue weighted by molar-refractivity contribution is 5.17. The topological polar surface area (TPSA) is 54.5 Å². The lowest BCUT2D eigenvalue weighted by Crippen LogP contribution is -1.96. The molecule has 0 aromatic carbocycles. The first-order chi connectivity index (χ1) is 8.88. The Morgan fingerprint density at radius 3 is 2.50 bits per heavy atom. The quantitative estimate of drug-likeness (QED) is 0.814. The van der Waals surface area contributed by atoms with Crippen LogP contribution in [0.5, 0.6) is 0 Å². The summed E-state index contributed by atoms with van der Waals surface area (Å²) in [4.78, 5) is 7.92. The van der Waals surface area contributed by atoms with Crippen molar-refractivity contribution < 1.29 is 0 Å². The van der Waals surface area contributed by atoms with Gasteiger partial charge in [-0.1, -0.05) is 33.8 Å². The van der Waals surface area contributed by atoms with Crippen LogP contribution in [0.4, 0.5) is 0 Å². The van der Waals surface area contributed by atoms with Crippen LogP contribution in [-0.2, 0) is 6.54 Å². The van der Waals surface area contributed by atoms with E-state index in [2.05, 4.69) is 9.97 Å². The average Bonchev–Trinajstić information content (AvgIpc) is 2.92. The first kappa shape index (κ1) is 15.9. The van der Waals surface area contributed by atoms with E-state index < -0.39 is 0 Å². The molecule has 96 valence electrons. The van der Waals surface area contributed by atoms with Crippen molar-refractivity contribution >= 4 is 0 Å². The molecule has 0 atom stereocenters. The molecule has 0 saturated carbocycles. The van der Waals surface area contributed by atoms with E-state index in [1.807, 2.05) is 50.5 Å². The summed E-state index contributed by atoms with van der Waals surface area (Å²) >= 11 is 0. The van der Waals surface area contributed by atoms with Crippen molar-refractivity contribution in [1.29, 1.82) is 5.26 Å². The fourth-order valence-corrected chi connectivity index (χ4v) is 1.21. The monoisotopic (exact) mass is 244 g/mol. The summed E-state index contributed by atoms with van der Waals surface area (Å²) in [5, 5.41) is 8.58. The van der Waals surface area contributed by atoms with Gasteiger partial charge in [-0.3, -0.25) is 4.98 Å². The number of nitriles is 1. The molecule has 4 nitrogen and oxygen atoms in total. The molecule has 0 saturated heterocycles. The van der Waals surface area contributed by atoms with Gasteiger partial charge in [-0.05, 0) is 11.6 Å². The molecule has 0 bridgehead atoms. The van der Waals surface area contributed by atoms with E-state index in [9.17, 15) is 0 Å². The minimum atomic E-state index is 0.439. The van der Waals surface area contributed by atoms with E-state index in [0.717, 1.165) is 5.56 Å². The largest absolute Gasteiger partial charge is 0.332 e. The predicted octanol–water partition coefficient (Wildman–Crippen LogP) is 3.25. The average molecular weight is 244 g/mol. The molecule has 2 heterocycles. The summed E-state index contributed by atoms with van der Waals surface area (Å²) in [6.07, 6.45) is 6.89. The number of hydrogen-bond donors (Lipinski definition) is 0. The smallest absolute Gasteiger partial charge is 0.158 e. The number of pyridine rings is 1. The van der Waals surface area contributed by atoms with Gasteiger partial charge in [0.05, 0.1) is 12.9 Å². The van der Waals surface area contributed by atoms with Crippen LogP contribution in [0.25, 0.3) is 0 Å². The molecule has 0 aliphatic rings. The Morgan fingerprint density at radius 1 is 1.28 bits per heavy atom. The maximum Gasteiger partial charge on any atom is 0.158 e.